The molecule has 1 aromatic carbocycles. The van der Waals surface area contributed by atoms with Crippen LogP contribution in [-0.4, -0.2) is 17.1 Å². The highest BCUT2D eigenvalue weighted by Gasteiger charge is 2.12. The van der Waals surface area contributed by atoms with Gasteiger partial charge in [-0.3, -0.25) is 4.79 Å². The van der Waals surface area contributed by atoms with E-state index >= 15 is 0 Å². The average Bonchev–Trinajstić information content (AvgIpc) is 2.28. The van der Waals surface area contributed by atoms with Crippen LogP contribution in [0.2, 0.25) is 0 Å². The molecule has 1 aromatic heterocycles. The lowest BCUT2D eigenvalue weighted by Crippen LogP contribution is -2.09. The fourth-order valence-corrected chi connectivity index (χ4v) is 1.58. The summed E-state index contributed by atoms with van der Waals surface area (Å²) in [5, 5.41) is 0. The molecule has 0 bridgehead atoms. The van der Waals surface area contributed by atoms with Crippen LogP contribution in [0.15, 0.2) is 29.1 Å². The Labute approximate surface area is 97.1 Å². The van der Waals surface area contributed by atoms with Gasteiger partial charge in [-0.25, -0.2) is 9.37 Å². The van der Waals surface area contributed by atoms with E-state index in [1.165, 1.54) is 19.2 Å². The van der Waals surface area contributed by atoms with Gasteiger partial charge in [-0.1, -0.05) is 6.07 Å². The van der Waals surface area contributed by atoms with Crippen LogP contribution < -0.4 is 10.3 Å². The minimum absolute atomic E-state index is 0.127. The number of nitrogens with one attached hydrogen (secondary N) is 1. The van der Waals surface area contributed by atoms with Crippen molar-refractivity contribution >= 4 is 0 Å². The topological polar surface area (TPSA) is 55.0 Å². The molecular weight excluding hydrogens is 223 g/mol. The zero-order valence-electron chi connectivity index (χ0n) is 9.45. The summed E-state index contributed by atoms with van der Waals surface area (Å²) in [7, 11) is 1.39. The molecule has 0 atom stereocenters. The standard InChI is InChI=1S/C12H11FN2O2/c1-7-14-9(6-11(16)15-7)8-4-3-5-10(17-2)12(8)13/h3-6H,1-2H3,(H,14,15,16). The Balaban J connectivity index is 2.64. The number of hydrogen-bond donors (Lipinski definition) is 1. The van der Waals surface area contributed by atoms with Crippen LogP contribution in [0, 0.1) is 12.7 Å². The molecule has 0 aliphatic carbocycles. The maximum atomic E-state index is 13.9. The first-order valence-electron chi connectivity index (χ1n) is 5.02. The Hall–Kier alpha value is -2.17. The summed E-state index contributed by atoms with van der Waals surface area (Å²) >= 11 is 0. The molecule has 0 saturated carbocycles. The van der Waals surface area contributed by atoms with E-state index in [4.69, 9.17) is 4.74 Å². The minimum atomic E-state index is -0.521. The van der Waals surface area contributed by atoms with Gasteiger partial charge in [0.25, 0.3) is 5.56 Å². The average molecular weight is 234 g/mol. The SMILES string of the molecule is COc1cccc(-c2cc(=O)[nH]c(C)n2)c1F. The molecule has 1 N–H and O–H groups in total. The van der Waals surface area contributed by atoms with Gasteiger partial charge in [0.1, 0.15) is 5.82 Å². The monoisotopic (exact) mass is 234 g/mol. The zero-order chi connectivity index (χ0) is 12.4. The lowest BCUT2D eigenvalue weighted by molar-refractivity contribution is 0.387. The minimum Gasteiger partial charge on any atom is -0.494 e. The van der Waals surface area contributed by atoms with Gasteiger partial charge in [0, 0.05) is 11.6 Å². The van der Waals surface area contributed by atoms with E-state index in [1.54, 1.807) is 19.1 Å². The highest BCUT2D eigenvalue weighted by molar-refractivity contribution is 5.61. The molecule has 2 rings (SSSR count). The van der Waals surface area contributed by atoms with Crippen LogP contribution in [0.3, 0.4) is 0 Å². The molecule has 0 aliphatic rings. The molecule has 4 nitrogen and oxygen atoms in total. The smallest absolute Gasteiger partial charge is 0.251 e. The van der Waals surface area contributed by atoms with Crippen molar-refractivity contribution in [1.29, 1.82) is 0 Å². The molecule has 0 saturated heterocycles. The highest BCUT2D eigenvalue weighted by Crippen LogP contribution is 2.26. The number of aromatic amines is 1. The van der Waals surface area contributed by atoms with Crippen LogP contribution in [-0.2, 0) is 0 Å². The van der Waals surface area contributed by atoms with Gasteiger partial charge in [0.05, 0.1) is 12.8 Å². The number of ether oxygens (including phenoxy) is 1. The van der Waals surface area contributed by atoms with Gasteiger partial charge in [0.2, 0.25) is 0 Å². The number of H-pyrrole nitrogens is 1. The van der Waals surface area contributed by atoms with Gasteiger partial charge in [-0.05, 0) is 19.1 Å². The molecule has 1 heterocycles. The van der Waals surface area contributed by atoms with Crippen LogP contribution in [0.4, 0.5) is 4.39 Å². The Kier molecular flexibility index (Phi) is 2.91. The van der Waals surface area contributed by atoms with Crippen molar-refractivity contribution in [2.75, 3.05) is 7.11 Å². The van der Waals surface area contributed by atoms with Crippen molar-refractivity contribution in [3.8, 4) is 17.0 Å². The number of halogens is 1. The predicted molar refractivity (Wildman–Crippen MR) is 61.5 cm³/mol. The number of benzene rings is 1. The second kappa shape index (κ2) is 4.37. The van der Waals surface area contributed by atoms with Gasteiger partial charge >= 0.3 is 0 Å². The second-order valence-corrected chi connectivity index (χ2v) is 3.54. The molecule has 0 aliphatic heterocycles. The zero-order valence-corrected chi connectivity index (χ0v) is 9.45. The first-order valence-corrected chi connectivity index (χ1v) is 5.02. The summed E-state index contributed by atoms with van der Waals surface area (Å²) in [5.41, 5.74) is 0.232. The Morgan fingerprint density at radius 2 is 2.18 bits per heavy atom. The first kappa shape index (κ1) is 11.3. The van der Waals surface area contributed by atoms with E-state index in [1.807, 2.05) is 0 Å². The van der Waals surface area contributed by atoms with E-state index in [0.29, 0.717) is 11.5 Å². The van der Waals surface area contributed by atoms with E-state index in [-0.39, 0.29) is 16.9 Å². The number of nitrogens with zero attached hydrogens (tertiary/aromatic N) is 1. The molecule has 0 amide bonds. The molecule has 0 spiro atoms. The van der Waals surface area contributed by atoms with Crippen molar-refractivity contribution in [3.63, 3.8) is 0 Å². The second-order valence-electron chi connectivity index (χ2n) is 3.54. The van der Waals surface area contributed by atoms with E-state index < -0.39 is 5.82 Å². The van der Waals surface area contributed by atoms with Crippen molar-refractivity contribution in [2.24, 2.45) is 0 Å². The number of methoxy groups -OCH3 is 1. The highest BCUT2D eigenvalue weighted by atomic mass is 19.1. The van der Waals surface area contributed by atoms with Crippen LogP contribution in [0.25, 0.3) is 11.3 Å². The third kappa shape index (κ3) is 2.18. The lowest BCUT2D eigenvalue weighted by Gasteiger charge is -2.06. The van der Waals surface area contributed by atoms with Crippen molar-refractivity contribution in [3.05, 3.63) is 46.3 Å². The number of aromatic nitrogens is 2. The molecule has 17 heavy (non-hydrogen) atoms. The number of rotatable bonds is 2. The fourth-order valence-electron chi connectivity index (χ4n) is 1.58. The predicted octanol–water partition coefficient (Wildman–Crippen LogP) is 1.89. The number of aryl methyl sites for hydroxylation is 1. The molecule has 0 fully saturated rings. The summed E-state index contributed by atoms with van der Waals surface area (Å²) < 4.78 is 18.8. The van der Waals surface area contributed by atoms with Crippen molar-refractivity contribution in [2.45, 2.75) is 6.92 Å². The summed E-state index contributed by atoms with van der Waals surface area (Å²) in [4.78, 5) is 17.9. The maximum absolute atomic E-state index is 13.9. The molecule has 0 unspecified atom stereocenters. The largest absolute Gasteiger partial charge is 0.494 e. The molecule has 5 heteroatoms. The van der Waals surface area contributed by atoms with Gasteiger partial charge in [0.15, 0.2) is 11.6 Å². The van der Waals surface area contributed by atoms with E-state index in [0.717, 1.165) is 0 Å². The Bertz CT molecular complexity index is 608. The third-order valence-corrected chi connectivity index (χ3v) is 2.32. The summed E-state index contributed by atoms with van der Waals surface area (Å²) in [5.74, 6) is 0.0458. The normalized spacial score (nSPS) is 10.3. The third-order valence-electron chi connectivity index (χ3n) is 2.32. The van der Waals surface area contributed by atoms with Gasteiger partial charge in [-0.2, -0.15) is 0 Å². The van der Waals surface area contributed by atoms with E-state index in [2.05, 4.69) is 9.97 Å². The number of hydrogen-bond acceptors (Lipinski definition) is 3. The van der Waals surface area contributed by atoms with Crippen molar-refractivity contribution < 1.29 is 9.13 Å². The Morgan fingerprint density at radius 3 is 2.82 bits per heavy atom. The summed E-state index contributed by atoms with van der Waals surface area (Å²) in [6, 6.07) is 5.97. The summed E-state index contributed by atoms with van der Waals surface area (Å²) in [6.07, 6.45) is 0. The Morgan fingerprint density at radius 1 is 1.41 bits per heavy atom. The van der Waals surface area contributed by atoms with Crippen LogP contribution in [0.1, 0.15) is 5.82 Å². The summed E-state index contributed by atoms with van der Waals surface area (Å²) in [6.45, 7) is 1.64. The lowest BCUT2D eigenvalue weighted by atomic mass is 10.1. The van der Waals surface area contributed by atoms with Crippen molar-refractivity contribution in [1.82, 2.24) is 9.97 Å². The van der Waals surface area contributed by atoms with E-state index in [9.17, 15) is 9.18 Å². The molecule has 0 radical (unpaired) electrons. The molecule has 88 valence electrons. The van der Waals surface area contributed by atoms with Gasteiger partial charge in [-0.15, -0.1) is 0 Å². The molecule has 2 aromatic rings. The molecular formula is C12H11FN2O2. The first-order chi connectivity index (χ1) is 8.11. The maximum Gasteiger partial charge on any atom is 0.251 e. The van der Waals surface area contributed by atoms with Gasteiger partial charge < -0.3 is 9.72 Å². The quantitative estimate of drug-likeness (QED) is 0.863. The van der Waals surface area contributed by atoms with Crippen LogP contribution in [0.5, 0.6) is 5.75 Å². The fraction of sp³-hybridized carbons (Fsp3) is 0.167. The van der Waals surface area contributed by atoms with Crippen LogP contribution >= 0.6 is 0 Å².